The smallest absolute Gasteiger partial charge is 0.266 e. The van der Waals surface area contributed by atoms with Crippen molar-refractivity contribution >= 4 is 28.4 Å². The third kappa shape index (κ3) is 4.25. The monoisotopic (exact) mass is 430 g/mol. The zero-order chi connectivity index (χ0) is 21.8. The molecule has 0 saturated heterocycles. The first-order valence-corrected chi connectivity index (χ1v) is 11.0. The molecule has 1 aromatic heterocycles. The minimum Gasteiger partial charge on any atom is -0.496 e. The molecule has 31 heavy (non-hydrogen) atoms. The summed E-state index contributed by atoms with van der Waals surface area (Å²) in [6.45, 7) is 2.09. The van der Waals surface area contributed by atoms with Crippen LogP contribution in [-0.2, 0) is 6.42 Å². The molecule has 156 valence electrons. The normalized spacial score (nSPS) is 10.9. The maximum absolute atomic E-state index is 13.3. The van der Waals surface area contributed by atoms with E-state index in [0.717, 1.165) is 12.1 Å². The molecule has 0 amide bonds. The summed E-state index contributed by atoms with van der Waals surface area (Å²) in [6, 6.07) is 22.2. The molecule has 0 N–H and O–H groups in total. The number of hydrogen-bond donors (Lipinski definition) is 0. The predicted molar refractivity (Wildman–Crippen MR) is 125 cm³/mol. The number of aromatic nitrogens is 2. The van der Waals surface area contributed by atoms with Crippen molar-refractivity contribution in [3.8, 4) is 11.4 Å². The SMILES string of the molecule is CCc1ccc(-n2c(SCC(=O)c3ccccc3OC)nc3ccccc3c2=O)cc1. The van der Waals surface area contributed by atoms with Gasteiger partial charge in [0.25, 0.3) is 5.56 Å². The molecule has 4 rings (SSSR count). The van der Waals surface area contributed by atoms with Crippen molar-refractivity contribution in [3.05, 3.63) is 94.3 Å². The molecular weight excluding hydrogens is 408 g/mol. The molecule has 0 aliphatic rings. The largest absolute Gasteiger partial charge is 0.496 e. The van der Waals surface area contributed by atoms with Crippen LogP contribution >= 0.6 is 11.8 Å². The van der Waals surface area contributed by atoms with E-state index in [2.05, 4.69) is 6.92 Å². The number of methoxy groups -OCH3 is 1. The Morgan fingerprint density at radius 3 is 2.45 bits per heavy atom. The van der Waals surface area contributed by atoms with Crippen LogP contribution in [-0.4, -0.2) is 28.2 Å². The average Bonchev–Trinajstić information content (AvgIpc) is 2.82. The summed E-state index contributed by atoms with van der Waals surface area (Å²) in [5.74, 6) is 0.586. The lowest BCUT2D eigenvalue weighted by Crippen LogP contribution is -2.22. The first-order chi connectivity index (χ1) is 15.1. The van der Waals surface area contributed by atoms with E-state index in [9.17, 15) is 9.59 Å². The molecule has 0 fully saturated rings. The molecule has 3 aromatic carbocycles. The number of thioether (sulfide) groups is 1. The van der Waals surface area contributed by atoms with E-state index in [1.165, 1.54) is 17.3 Å². The maximum Gasteiger partial charge on any atom is 0.266 e. The van der Waals surface area contributed by atoms with E-state index in [-0.39, 0.29) is 17.1 Å². The molecule has 0 bridgehead atoms. The van der Waals surface area contributed by atoms with Gasteiger partial charge in [0, 0.05) is 0 Å². The lowest BCUT2D eigenvalue weighted by atomic mass is 10.1. The van der Waals surface area contributed by atoms with E-state index in [0.29, 0.717) is 27.4 Å². The minimum atomic E-state index is -0.151. The van der Waals surface area contributed by atoms with Crippen LogP contribution in [0.2, 0.25) is 0 Å². The highest BCUT2D eigenvalue weighted by molar-refractivity contribution is 7.99. The van der Waals surface area contributed by atoms with Crippen LogP contribution in [0.25, 0.3) is 16.6 Å². The fourth-order valence-electron chi connectivity index (χ4n) is 3.40. The quantitative estimate of drug-likeness (QED) is 0.236. The molecule has 0 radical (unpaired) electrons. The van der Waals surface area contributed by atoms with Crippen molar-refractivity contribution in [1.82, 2.24) is 9.55 Å². The lowest BCUT2D eigenvalue weighted by molar-refractivity contribution is 0.101. The Kier molecular flexibility index (Phi) is 6.18. The predicted octanol–water partition coefficient (Wildman–Crippen LogP) is 4.93. The van der Waals surface area contributed by atoms with Gasteiger partial charge in [-0.25, -0.2) is 4.98 Å². The van der Waals surface area contributed by atoms with E-state index < -0.39 is 0 Å². The standard InChI is InChI=1S/C25H22N2O3S/c1-3-17-12-14-18(15-13-17)27-24(29)19-8-4-6-10-21(19)26-25(27)31-16-22(28)20-9-5-7-11-23(20)30-2/h4-15H,3,16H2,1-2H3. The van der Waals surface area contributed by atoms with Gasteiger partial charge >= 0.3 is 0 Å². The van der Waals surface area contributed by atoms with Crippen LogP contribution in [0.1, 0.15) is 22.8 Å². The Morgan fingerprint density at radius 2 is 1.71 bits per heavy atom. The second-order valence-corrected chi connectivity index (χ2v) is 7.93. The van der Waals surface area contributed by atoms with Gasteiger partial charge in [-0.15, -0.1) is 0 Å². The molecular formula is C25H22N2O3S. The van der Waals surface area contributed by atoms with Crippen LogP contribution in [0, 0.1) is 0 Å². The van der Waals surface area contributed by atoms with Gasteiger partial charge < -0.3 is 4.74 Å². The topological polar surface area (TPSA) is 61.2 Å². The number of hydrogen-bond acceptors (Lipinski definition) is 5. The number of ketones is 1. The summed E-state index contributed by atoms with van der Waals surface area (Å²) < 4.78 is 6.89. The van der Waals surface area contributed by atoms with Crippen LogP contribution in [0.4, 0.5) is 0 Å². The summed E-state index contributed by atoms with van der Waals surface area (Å²) in [5, 5.41) is 1.03. The summed E-state index contributed by atoms with van der Waals surface area (Å²) >= 11 is 1.25. The average molecular weight is 431 g/mol. The molecule has 1 heterocycles. The number of carbonyl (C=O) groups is 1. The lowest BCUT2D eigenvalue weighted by Gasteiger charge is -2.14. The van der Waals surface area contributed by atoms with Crippen molar-refractivity contribution in [2.45, 2.75) is 18.5 Å². The summed E-state index contributed by atoms with van der Waals surface area (Å²) in [7, 11) is 1.54. The third-order valence-corrected chi connectivity index (χ3v) is 6.03. The summed E-state index contributed by atoms with van der Waals surface area (Å²) in [5.41, 5.74) is 2.89. The Balaban J connectivity index is 1.75. The minimum absolute atomic E-state index is 0.0854. The number of fused-ring (bicyclic) bond motifs is 1. The number of carbonyl (C=O) groups excluding carboxylic acids is 1. The van der Waals surface area contributed by atoms with Gasteiger partial charge in [-0.2, -0.15) is 0 Å². The van der Waals surface area contributed by atoms with Crippen molar-refractivity contribution < 1.29 is 9.53 Å². The first kappa shape index (κ1) is 20.9. The van der Waals surface area contributed by atoms with Crippen LogP contribution in [0.5, 0.6) is 5.75 Å². The molecule has 5 nitrogen and oxygen atoms in total. The third-order valence-electron chi connectivity index (χ3n) is 5.09. The van der Waals surface area contributed by atoms with Gasteiger partial charge in [0.05, 0.1) is 35.0 Å². The van der Waals surface area contributed by atoms with Crippen molar-refractivity contribution in [2.24, 2.45) is 0 Å². The number of benzene rings is 3. The molecule has 0 aliphatic carbocycles. The number of nitrogens with zero attached hydrogens (tertiary/aromatic N) is 2. The number of Topliss-reactive ketones (excluding diaryl/α,β-unsaturated/α-hetero) is 1. The van der Waals surface area contributed by atoms with Gasteiger partial charge in [-0.3, -0.25) is 14.2 Å². The summed E-state index contributed by atoms with van der Waals surface area (Å²) in [6.07, 6.45) is 0.917. The van der Waals surface area contributed by atoms with E-state index in [1.807, 2.05) is 48.5 Å². The van der Waals surface area contributed by atoms with Crippen molar-refractivity contribution in [3.63, 3.8) is 0 Å². The second-order valence-electron chi connectivity index (χ2n) is 6.98. The van der Waals surface area contributed by atoms with Gasteiger partial charge in [0.1, 0.15) is 5.75 Å². The van der Waals surface area contributed by atoms with Crippen LogP contribution in [0.15, 0.2) is 82.7 Å². The molecule has 0 atom stereocenters. The van der Waals surface area contributed by atoms with Gasteiger partial charge in [0.2, 0.25) is 0 Å². The highest BCUT2D eigenvalue weighted by Crippen LogP contribution is 2.25. The van der Waals surface area contributed by atoms with Gasteiger partial charge in [0.15, 0.2) is 10.9 Å². The molecule has 0 unspecified atom stereocenters. The van der Waals surface area contributed by atoms with E-state index in [4.69, 9.17) is 9.72 Å². The number of para-hydroxylation sites is 2. The van der Waals surface area contributed by atoms with Crippen molar-refractivity contribution in [1.29, 1.82) is 0 Å². The molecule has 0 aliphatic heterocycles. The van der Waals surface area contributed by atoms with Crippen LogP contribution in [0.3, 0.4) is 0 Å². The van der Waals surface area contributed by atoms with Gasteiger partial charge in [-0.05, 0) is 48.4 Å². The number of ether oxygens (including phenoxy) is 1. The Bertz CT molecular complexity index is 1300. The Labute approximate surface area is 184 Å². The maximum atomic E-state index is 13.3. The summed E-state index contributed by atoms with van der Waals surface area (Å²) in [4.78, 5) is 30.9. The highest BCUT2D eigenvalue weighted by Gasteiger charge is 2.17. The Morgan fingerprint density at radius 1 is 1.00 bits per heavy atom. The Hall–Kier alpha value is -3.38. The zero-order valence-electron chi connectivity index (χ0n) is 17.4. The van der Waals surface area contributed by atoms with Gasteiger partial charge in [-0.1, -0.05) is 55.1 Å². The molecule has 4 aromatic rings. The van der Waals surface area contributed by atoms with Crippen molar-refractivity contribution in [2.75, 3.05) is 12.9 Å². The van der Waals surface area contributed by atoms with E-state index >= 15 is 0 Å². The number of rotatable bonds is 7. The number of aryl methyl sites for hydroxylation is 1. The highest BCUT2D eigenvalue weighted by atomic mass is 32.2. The second kappa shape index (κ2) is 9.18. The molecule has 0 spiro atoms. The molecule has 0 saturated carbocycles. The zero-order valence-corrected chi connectivity index (χ0v) is 18.2. The molecule has 6 heteroatoms. The van der Waals surface area contributed by atoms with E-state index in [1.54, 1.807) is 35.9 Å². The fraction of sp³-hybridized carbons (Fsp3) is 0.160. The fourth-order valence-corrected chi connectivity index (χ4v) is 4.30. The van der Waals surface area contributed by atoms with Crippen LogP contribution < -0.4 is 10.3 Å². The first-order valence-electron chi connectivity index (χ1n) is 10.0.